The van der Waals surface area contributed by atoms with Crippen LogP contribution in [-0.2, 0) is 6.42 Å². The van der Waals surface area contributed by atoms with Crippen molar-refractivity contribution in [1.29, 1.82) is 0 Å². The SMILES string of the molecule is CCNC1=Cc2ccc(Br)cc2CC1. The van der Waals surface area contributed by atoms with Gasteiger partial charge in [0.2, 0.25) is 0 Å². The van der Waals surface area contributed by atoms with Gasteiger partial charge in [0.05, 0.1) is 0 Å². The fourth-order valence-corrected chi connectivity index (χ4v) is 2.24. The summed E-state index contributed by atoms with van der Waals surface area (Å²) in [5, 5.41) is 3.39. The molecule has 0 saturated carbocycles. The molecule has 1 nitrogen and oxygen atoms in total. The van der Waals surface area contributed by atoms with Crippen LogP contribution in [-0.4, -0.2) is 6.54 Å². The molecular weight excluding hydrogens is 238 g/mol. The van der Waals surface area contributed by atoms with E-state index in [0.717, 1.165) is 19.4 Å². The van der Waals surface area contributed by atoms with Crippen molar-refractivity contribution in [3.8, 4) is 0 Å². The predicted molar refractivity (Wildman–Crippen MR) is 64.1 cm³/mol. The predicted octanol–water partition coefficient (Wildman–Crippen LogP) is 3.35. The highest BCUT2D eigenvalue weighted by atomic mass is 79.9. The lowest BCUT2D eigenvalue weighted by atomic mass is 9.95. The zero-order valence-corrected chi connectivity index (χ0v) is 9.89. The summed E-state index contributed by atoms with van der Waals surface area (Å²) < 4.78 is 1.18. The summed E-state index contributed by atoms with van der Waals surface area (Å²) in [6.07, 6.45) is 4.54. The molecule has 0 aliphatic heterocycles. The van der Waals surface area contributed by atoms with Crippen LogP contribution in [0.2, 0.25) is 0 Å². The summed E-state index contributed by atoms with van der Waals surface area (Å²) in [5.74, 6) is 0. The average Bonchev–Trinajstić information content (AvgIpc) is 2.19. The van der Waals surface area contributed by atoms with Gasteiger partial charge in [0.1, 0.15) is 0 Å². The molecule has 0 aromatic heterocycles. The highest BCUT2D eigenvalue weighted by Crippen LogP contribution is 2.25. The molecule has 0 amide bonds. The Labute approximate surface area is 93.3 Å². The first-order valence-electron chi connectivity index (χ1n) is 5.02. The molecule has 0 fully saturated rings. The molecule has 0 atom stereocenters. The minimum Gasteiger partial charge on any atom is -0.389 e. The summed E-state index contributed by atoms with van der Waals surface area (Å²) in [6.45, 7) is 3.15. The van der Waals surface area contributed by atoms with Crippen LogP contribution >= 0.6 is 15.9 Å². The molecule has 0 spiro atoms. The van der Waals surface area contributed by atoms with Crippen molar-refractivity contribution in [2.75, 3.05) is 6.54 Å². The topological polar surface area (TPSA) is 12.0 Å². The number of aryl methyl sites for hydroxylation is 1. The molecule has 0 heterocycles. The molecule has 1 aromatic rings. The van der Waals surface area contributed by atoms with Gasteiger partial charge in [-0.3, -0.25) is 0 Å². The molecular formula is C12H14BrN. The molecule has 1 aliphatic rings. The third kappa shape index (κ3) is 2.01. The summed E-state index contributed by atoms with van der Waals surface area (Å²) in [4.78, 5) is 0. The smallest absolute Gasteiger partial charge is 0.0178 e. The molecule has 14 heavy (non-hydrogen) atoms. The van der Waals surface area contributed by atoms with Crippen molar-refractivity contribution in [1.82, 2.24) is 5.32 Å². The van der Waals surface area contributed by atoms with E-state index >= 15 is 0 Å². The van der Waals surface area contributed by atoms with E-state index in [1.165, 1.54) is 21.3 Å². The lowest BCUT2D eigenvalue weighted by Crippen LogP contribution is -2.15. The number of halogens is 1. The molecule has 0 bridgehead atoms. The van der Waals surface area contributed by atoms with E-state index in [9.17, 15) is 0 Å². The minimum atomic E-state index is 1.01. The highest BCUT2D eigenvalue weighted by Gasteiger charge is 2.09. The van der Waals surface area contributed by atoms with Gasteiger partial charge < -0.3 is 5.32 Å². The Balaban J connectivity index is 2.30. The molecule has 2 rings (SSSR count). The number of rotatable bonds is 2. The molecule has 2 heteroatoms. The first kappa shape index (κ1) is 9.78. The van der Waals surface area contributed by atoms with Gasteiger partial charge in [-0.25, -0.2) is 0 Å². The monoisotopic (exact) mass is 251 g/mol. The minimum absolute atomic E-state index is 1.01. The second-order valence-electron chi connectivity index (χ2n) is 3.54. The van der Waals surface area contributed by atoms with Crippen molar-refractivity contribution < 1.29 is 0 Å². The lowest BCUT2D eigenvalue weighted by molar-refractivity contribution is 0.770. The fourth-order valence-electron chi connectivity index (χ4n) is 1.83. The summed E-state index contributed by atoms with van der Waals surface area (Å²) in [5.41, 5.74) is 4.17. The summed E-state index contributed by atoms with van der Waals surface area (Å²) in [7, 11) is 0. The molecule has 74 valence electrons. The van der Waals surface area contributed by atoms with E-state index in [0.29, 0.717) is 0 Å². The third-order valence-electron chi connectivity index (χ3n) is 2.50. The molecule has 0 unspecified atom stereocenters. The second-order valence-corrected chi connectivity index (χ2v) is 4.46. The van der Waals surface area contributed by atoms with Gasteiger partial charge in [0.15, 0.2) is 0 Å². The van der Waals surface area contributed by atoms with E-state index in [2.05, 4.69) is 52.4 Å². The molecule has 0 saturated heterocycles. The number of fused-ring (bicyclic) bond motifs is 1. The lowest BCUT2D eigenvalue weighted by Gasteiger charge is -2.17. The Bertz CT molecular complexity index is 369. The van der Waals surface area contributed by atoms with Crippen LogP contribution in [0.5, 0.6) is 0 Å². The Kier molecular flexibility index (Phi) is 2.92. The Morgan fingerprint density at radius 3 is 3.00 bits per heavy atom. The second kappa shape index (κ2) is 4.18. The molecule has 1 aromatic carbocycles. The van der Waals surface area contributed by atoms with E-state index in [1.54, 1.807) is 0 Å². The van der Waals surface area contributed by atoms with E-state index in [1.807, 2.05) is 0 Å². The largest absolute Gasteiger partial charge is 0.389 e. The normalized spacial score (nSPS) is 14.6. The number of allylic oxidation sites excluding steroid dienone is 1. The third-order valence-corrected chi connectivity index (χ3v) is 3.00. The fraction of sp³-hybridized carbons (Fsp3) is 0.333. The summed E-state index contributed by atoms with van der Waals surface area (Å²) >= 11 is 3.50. The quantitative estimate of drug-likeness (QED) is 0.851. The van der Waals surface area contributed by atoms with Gasteiger partial charge in [0.25, 0.3) is 0 Å². The van der Waals surface area contributed by atoms with Gasteiger partial charge in [-0.1, -0.05) is 22.0 Å². The van der Waals surface area contributed by atoms with E-state index in [-0.39, 0.29) is 0 Å². The van der Waals surface area contributed by atoms with Gasteiger partial charge in [-0.15, -0.1) is 0 Å². The zero-order chi connectivity index (χ0) is 9.97. The maximum atomic E-state index is 3.50. The van der Waals surface area contributed by atoms with Crippen molar-refractivity contribution in [3.05, 3.63) is 39.5 Å². The zero-order valence-electron chi connectivity index (χ0n) is 8.31. The standard InChI is InChI=1S/C12H14BrN/c1-2-14-12-6-4-9-7-11(13)5-3-10(9)8-12/h3,5,7-8,14H,2,4,6H2,1H3. The average molecular weight is 252 g/mol. The van der Waals surface area contributed by atoms with Crippen molar-refractivity contribution >= 4 is 22.0 Å². The van der Waals surface area contributed by atoms with Crippen LogP contribution in [0.1, 0.15) is 24.5 Å². The van der Waals surface area contributed by atoms with Crippen molar-refractivity contribution in [2.45, 2.75) is 19.8 Å². The maximum absolute atomic E-state index is 3.50. The van der Waals surface area contributed by atoms with Gasteiger partial charge >= 0.3 is 0 Å². The van der Waals surface area contributed by atoms with Crippen molar-refractivity contribution in [2.24, 2.45) is 0 Å². The summed E-state index contributed by atoms with van der Waals surface area (Å²) in [6, 6.07) is 6.49. The van der Waals surface area contributed by atoms with E-state index < -0.39 is 0 Å². The van der Waals surface area contributed by atoms with Crippen LogP contribution in [0.15, 0.2) is 28.4 Å². The molecule has 1 N–H and O–H groups in total. The van der Waals surface area contributed by atoms with Crippen molar-refractivity contribution in [3.63, 3.8) is 0 Å². The van der Waals surface area contributed by atoms with E-state index in [4.69, 9.17) is 0 Å². The number of hydrogen-bond donors (Lipinski definition) is 1. The first-order valence-corrected chi connectivity index (χ1v) is 5.82. The number of nitrogens with one attached hydrogen (secondary N) is 1. The Hall–Kier alpha value is -0.760. The van der Waals surface area contributed by atoms with Gasteiger partial charge in [-0.05, 0) is 49.1 Å². The van der Waals surface area contributed by atoms with Crippen LogP contribution in [0, 0.1) is 0 Å². The first-order chi connectivity index (χ1) is 6.79. The van der Waals surface area contributed by atoms with Crippen LogP contribution in [0.4, 0.5) is 0 Å². The molecule has 0 radical (unpaired) electrons. The number of hydrogen-bond acceptors (Lipinski definition) is 1. The van der Waals surface area contributed by atoms with Gasteiger partial charge in [-0.2, -0.15) is 0 Å². The Morgan fingerprint density at radius 1 is 1.36 bits per heavy atom. The van der Waals surface area contributed by atoms with Crippen LogP contribution < -0.4 is 5.32 Å². The number of benzene rings is 1. The highest BCUT2D eigenvalue weighted by molar-refractivity contribution is 9.10. The van der Waals surface area contributed by atoms with Crippen LogP contribution in [0.25, 0.3) is 6.08 Å². The Morgan fingerprint density at radius 2 is 2.21 bits per heavy atom. The van der Waals surface area contributed by atoms with Crippen LogP contribution in [0.3, 0.4) is 0 Å². The molecule has 1 aliphatic carbocycles. The van der Waals surface area contributed by atoms with Gasteiger partial charge in [0, 0.05) is 16.7 Å². The maximum Gasteiger partial charge on any atom is 0.0178 e.